The molecule has 0 radical (unpaired) electrons. The van der Waals surface area contributed by atoms with Gasteiger partial charge in [0.05, 0.1) is 5.69 Å². The molecule has 1 aromatic heterocycles. The summed E-state index contributed by atoms with van der Waals surface area (Å²) in [4.78, 5) is 0. The molecule has 0 aliphatic heterocycles. The van der Waals surface area contributed by atoms with Gasteiger partial charge in [0.15, 0.2) is 0 Å². The first-order valence-electron chi connectivity index (χ1n) is 6.56. The van der Waals surface area contributed by atoms with E-state index in [0.29, 0.717) is 5.56 Å². The molecule has 2 rings (SSSR count). The lowest BCUT2D eigenvalue weighted by Crippen LogP contribution is -2.17. The molecule has 0 saturated carbocycles. The molecule has 0 saturated heterocycles. The van der Waals surface area contributed by atoms with E-state index in [1.54, 1.807) is 4.68 Å². The number of benzene rings is 1. The molecule has 102 valence electrons. The molecule has 0 amide bonds. The Bertz CT molecular complexity index is 575. The molecule has 2 aromatic rings. The summed E-state index contributed by atoms with van der Waals surface area (Å²) in [5.41, 5.74) is 3.40. The first-order chi connectivity index (χ1) is 9.02. The Labute approximate surface area is 113 Å². The zero-order valence-corrected chi connectivity index (χ0v) is 11.9. The third-order valence-electron chi connectivity index (χ3n) is 3.30. The summed E-state index contributed by atoms with van der Waals surface area (Å²) in [6.45, 7) is 6.93. The zero-order valence-electron chi connectivity index (χ0n) is 11.9. The summed E-state index contributed by atoms with van der Waals surface area (Å²) in [7, 11) is 1.85. The van der Waals surface area contributed by atoms with Crippen molar-refractivity contribution in [2.24, 2.45) is 7.05 Å². The molecule has 19 heavy (non-hydrogen) atoms. The van der Waals surface area contributed by atoms with Crippen molar-refractivity contribution in [2.75, 3.05) is 6.54 Å². The van der Waals surface area contributed by atoms with Gasteiger partial charge in [-0.3, -0.25) is 4.68 Å². The predicted molar refractivity (Wildman–Crippen MR) is 75.4 cm³/mol. The number of aromatic nitrogens is 2. The van der Waals surface area contributed by atoms with Gasteiger partial charge < -0.3 is 5.32 Å². The Hall–Kier alpha value is -1.68. The summed E-state index contributed by atoms with van der Waals surface area (Å²) >= 11 is 0. The summed E-state index contributed by atoms with van der Waals surface area (Å²) in [5, 5.41) is 7.61. The topological polar surface area (TPSA) is 29.9 Å². The van der Waals surface area contributed by atoms with E-state index in [9.17, 15) is 4.39 Å². The average Bonchev–Trinajstić information content (AvgIpc) is 2.69. The summed E-state index contributed by atoms with van der Waals surface area (Å²) < 4.78 is 15.7. The molecule has 0 bridgehead atoms. The number of nitrogens with one attached hydrogen (secondary N) is 1. The Kier molecular flexibility index (Phi) is 4.00. The van der Waals surface area contributed by atoms with Crippen molar-refractivity contribution >= 4 is 0 Å². The van der Waals surface area contributed by atoms with Gasteiger partial charge in [-0.05, 0) is 38.1 Å². The molecule has 0 aliphatic rings. The van der Waals surface area contributed by atoms with Gasteiger partial charge in [0.1, 0.15) is 5.82 Å². The normalized spacial score (nSPS) is 12.7. The van der Waals surface area contributed by atoms with Gasteiger partial charge in [-0.25, -0.2) is 4.39 Å². The highest BCUT2D eigenvalue weighted by Gasteiger charge is 2.13. The minimum absolute atomic E-state index is 0.205. The lowest BCUT2D eigenvalue weighted by molar-refractivity contribution is 0.593. The van der Waals surface area contributed by atoms with Crippen LogP contribution in [0.15, 0.2) is 24.4 Å². The first kappa shape index (κ1) is 13.7. The highest BCUT2D eigenvalue weighted by molar-refractivity contribution is 5.66. The smallest absolute Gasteiger partial charge is 0.131 e. The Morgan fingerprint density at radius 2 is 2.11 bits per heavy atom. The maximum Gasteiger partial charge on any atom is 0.131 e. The van der Waals surface area contributed by atoms with Crippen molar-refractivity contribution in [2.45, 2.75) is 26.8 Å². The largest absolute Gasteiger partial charge is 0.310 e. The van der Waals surface area contributed by atoms with Crippen molar-refractivity contribution in [3.8, 4) is 11.1 Å². The maximum absolute atomic E-state index is 14.0. The van der Waals surface area contributed by atoms with Crippen LogP contribution in [-0.4, -0.2) is 16.3 Å². The monoisotopic (exact) mass is 261 g/mol. The Morgan fingerprint density at radius 3 is 2.68 bits per heavy atom. The number of rotatable bonds is 4. The fraction of sp³-hybridized carbons (Fsp3) is 0.400. The third-order valence-corrected chi connectivity index (χ3v) is 3.30. The van der Waals surface area contributed by atoms with Gasteiger partial charge in [-0.1, -0.05) is 13.0 Å². The van der Waals surface area contributed by atoms with Crippen LogP contribution in [0.3, 0.4) is 0 Å². The zero-order chi connectivity index (χ0) is 14.0. The fourth-order valence-corrected chi connectivity index (χ4v) is 2.31. The van der Waals surface area contributed by atoms with Crippen molar-refractivity contribution in [3.63, 3.8) is 0 Å². The molecular formula is C15H20FN3. The Morgan fingerprint density at radius 1 is 1.37 bits per heavy atom. The second-order valence-electron chi connectivity index (χ2n) is 4.82. The number of hydrogen-bond acceptors (Lipinski definition) is 2. The Balaban J connectivity index is 2.45. The SMILES string of the molecule is CCNC(C)c1ccc(F)c(-c2cn(C)nc2C)c1. The van der Waals surface area contributed by atoms with E-state index in [1.807, 2.05) is 32.3 Å². The lowest BCUT2D eigenvalue weighted by Gasteiger charge is -2.14. The summed E-state index contributed by atoms with van der Waals surface area (Å²) in [6.07, 6.45) is 1.86. The van der Waals surface area contributed by atoms with E-state index < -0.39 is 0 Å². The first-order valence-corrected chi connectivity index (χ1v) is 6.56. The van der Waals surface area contributed by atoms with Crippen molar-refractivity contribution in [3.05, 3.63) is 41.5 Å². The lowest BCUT2D eigenvalue weighted by atomic mass is 10.00. The number of hydrogen-bond donors (Lipinski definition) is 1. The van der Waals surface area contributed by atoms with Gasteiger partial charge in [0.25, 0.3) is 0 Å². The molecule has 0 spiro atoms. The van der Waals surface area contributed by atoms with Gasteiger partial charge >= 0.3 is 0 Å². The molecule has 1 unspecified atom stereocenters. The van der Waals surface area contributed by atoms with Crippen LogP contribution in [0.4, 0.5) is 4.39 Å². The third kappa shape index (κ3) is 2.84. The van der Waals surface area contributed by atoms with Gasteiger partial charge in [0, 0.05) is 30.4 Å². The summed E-state index contributed by atoms with van der Waals surface area (Å²) in [5.74, 6) is -0.205. The molecule has 1 heterocycles. The van der Waals surface area contributed by atoms with Crippen LogP contribution >= 0.6 is 0 Å². The van der Waals surface area contributed by atoms with Gasteiger partial charge in [-0.2, -0.15) is 5.10 Å². The molecular weight excluding hydrogens is 241 g/mol. The highest BCUT2D eigenvalue weighted by Crippen LogP contribution is 2.28. The molecule has 1 aromatic carbocycles. The fourth-order valence-electron chi connectivity index (χ4n) is 2.31. The maximum atomic E-state index is 14.0. The van der Waals surface area contributed by atoms with Crippen LogP contribution in [0.5, 0.6) is 0 Å². The quantitative estimate of drug-likeness (QED) is 0.916. The van der Waals surface area contributed by atoms with E-state index in [0.717, 1.165) is 23.4 Å². The van der Waals surface area contributed by atoms with Crippen LogP contribution in [0.2, 0.25) is 0 Å². The number of aryl methyl sites for hydroxylation is 2. The standard InChI is InChI=1S/C15H20FN3/c1-5-17-10(2)12-6-7-15(16)13(8-12)14-9-19(4)18-11(14)3/h6-10,17H,5H2,1-4H3. The second kappa shape index (κ2) is 5.53. The molecule has 4 heteroatoms. The molecule has 1 atom stereocenters. The van der Waals surface area contributed by atoms with Crippen molar-refractivity contribution < 1.29 is 4.39 Å². The van der Waals surface area contributed by atoms with Crippen molar-refractivity contribution in [1.29, 1.82) is 0 Å². The van der Waals surface area contributed by atoms with Crippen LogP contribution in [0, 0.1) is 12.7 Å². The van der Waals surface area contributed by atoms with Crippen LogP contribution in [0.1, 0.15) is 31.1 Å². The van der Waals surface area contributed by atoms with Crippen LogP contribution in [0.25, 0.3) is 11.1 Å². The van der Waals surface area contributed by atoms with E-state index >= 15 is 0 Å². The van der Waals surface area contributed by atoms with E-state index in [1.165, 1.54) is 6.07 Å². The van der Waals surface area contributed by atoms with Gasteiger partial charge in [0.2, 0.25) is 0 Å². The van der Waals surface area contributed by atoms with E-state index in [-0.39, 0.29) is 11.9 Å². The van der Waals surface area contributed by atoms with Crippen LogP contribution in [-0.2, 0) is 7.05 Å². The summed E-state index contributed by atoms with van der Waals surface area (Å²) in [6, 6.07) is 5.48. The minimum atomic E-state index is -0.205. The molecule has 3 nitrogen and oxygen atoms in total. The number of nitrogens with zero attached hydrogens (tertiary/aromatic N) is 2. The predicted octanol–water partition coefficient (Wildman–Crippen LogP) is 3.21. The molecule has 0 aliphatic carbocycles. The molecule has 0 fully saturated rings. The molecule has 1 N–H and O–H groups in total. The van der Waals surface area contributed by atoms with Crippen molar-refractivity contribution in [1.82, 2.24) is 15.1 Å². The van der Waals surface area contributed by atoms with Gasteiger partial charge in [-0.15, -0.1) is 0 Å². The number of halogens is 1. The van der Waals surface area contributed by atoms with E-state index in [4.69, 9.17) is 0 Å². The van der Waals surface area contributed by atoms with E-state index in [2.05, 4.69) is 24.3 Å². The second-order valence-corrected chi connectivity index (χ2v) is 4.82. The van der Waals surface area contributed by atoms with Crippen LogP contribution < -0.4 is 5.32 Å². The highest BCUT2D eigenvalue weighted by atomic mass is 19.1. The average molecular weight is 261 g/mol. The minimum Gasteiger partial charge on any atom is -0.310 e.